The molecule has 0 aliphatic rings. The molecule has 0 amide bonds. The van der Waals surface area contributed by atoms with E-state index in [-0.39, 0.29) is 12.8 Å². The second-order valence-corrected chi connectivity index (χ2v) is 4.84. The van der Waals surface area contributed by atoms with E-state index in [4.69, 9.17) is 10.5 Å². The van der Waals surface area contributed by atoms with E-state index in [9.17, 15) is 9.59 Å². The molecule has 0 aromatic heterocycles. The van der Waals surface area contributed by atoms with Gasteiger partial charge in [0.2, 0.25) is 0 Å². The number of nitrogens with zero attached hydrogens (tertiary/aromatic N) is 4. The average Bonchev–Trinajstić information content (AvgIpc) is 2.54. The van der Waals surface area contributed by atoms with Crippen molar-refractivity contribution in [1.82, 2.24) is 0 Å². The maximum Gasteiger partial charge on any atom is 0.332 e. The first-order chi connectivity index (χ1) is 10.4. The molecule has 22 heavy (non-hydrogen) atoms. The highest BCUT2D eigenvalue weighted by Gasteiger charge is 2.25. The number of methoxy groups -OCH3 is 2. The van der Waals surface area contributed by atoms with Crippen LogP contribution >= 0.6 is 0 Å². The summed E-state index contributed by atoms with van der Waals surface area (Å²) >= 11 is 0. The molecule has 4 atom stereocenters. The first kappa shape index (κ1) is 19.5. The van der Waals surface area contributed by atoms with Crippen LogP contribution in [0, 0.1) is 34.5 Å². The zero-order valence-electron chi connectivity index (χ0n) is 13.1. The molecular weight excluding hydrogens is 288 g/mol. The van der Waals surface area contributed by atoms with Gasteiger partial charge in [0.25, 0.3) is 0 Å². The Bertz CT molecular complexity index is 448. The van der Waals surface area contributed by atoms with Crippen LogP contribution in [0.3, 0.4) is 0 Å². The van der Waals surface area contributed by atoms with Crippen LogP contribution in [-0.4, -0.2) is 38.2 Å². The summed E-state index contributed by atoms with van der Waals surface area (Å²) < 4.78 is 9.22. The molecule has 0 aromatic rings. The zero-order valence-corrected chi connectivity index (χ0v) is 13.1. The van der Waals surface area contributed by atoms with Gasteiger partial charge in [0.05, 0.1) is 26.4 Å². The molecule has 0 aliphatic heterocycles. The third-order valence-electron chi connectivity index (χ3n) is 2.89. The third kappa shape index (κ3) is 6.80. The van der Waals surface area contributed by atoms with Crippen molar-refractivity contribution < 1.29 is 19.1 Å². The fourth-order valence-corrected chi connectivity index (χ4v) is 1.59. The first-order valence-electron chi connectivity index (χ1n) is 6.74. The molecule has 0 fully saturated rings. The van der Waals surface area contributed by atoms with Gasteiger partial charge < -0.3 is 9.47 Å². The smallest absolute Gasteiger partial charge is 0.332 e. The van der Waals surface area contributed by atoms with Crippen LogP contribution in [0.1, 0.15) is 26.7 Å². The molecule has 0 saturated heterocycles. The van der Waals surface area contributed by atoms with Crippen LogP contribution < -0.4 is 0 Å². The summed E-state index contributed by atoms with van der Waals surface area (Å²) in [5.74, 6) is -2.11. The van der Waals surface area contributed by atoms with E-state index in [1.807, 2.05) is 12.1 Å². The summed E-state index contributed by atoms with van der Waals surface area (Å²) in [7, 11) is 2.41. The van der Waals surface area contributed by atoms with Crippen molar-refractivity contribution in [1.29, 1.82) is 10.5 Å². The molecule has 0 spiro atoms. The minimum absolute atomic E-state index is 0.133. The quantitative estimate of drug-likeness (QED) is 0.495. The highest BCUT2D eigenvalue weighted by Crippen LogP contribution is 2.14. The Balaban J connectivity index is 5.12. The van der Waals surface area contributed by atoms with Gasteiger partial charge in [-0.1, -0.05) is 0 Å². The molecule has 0 bridgehead atoms. The summed E-state index contributed by atoms with van der Waals surface area (Å²) in [5.41, 5.74) is 0. The van der Waals surface area contributed by atoms with Crippen LogP contribution in [0.2, 0.25) is 0 Å². The number of hydrogen-bond acceptors (Lipinski definition) is 8. The molecule has 8 nitrogen and oxygen atoms in total. The van der Waals surface area contributed by atoms with Gasteiger partial charge in [0, 0.05) is 11.8 Å². The van der Waals surface area contributed by atoms with E-state index in [0.717, 1.165) is 0 Å². The maximum atomic E-state index is 11.6. The van der Waals surface area contributed by atoms with E-state index in [1.165, 1.54) is 14.2 Å². The van der Waals surface area contributed by atoms with Gasteiger partial charge in [0.15, 0.2) is 12.1 Å². The van der Waals surface area contributed by atoms with Crippen molar-refractivity contribution in [2.75, 3.05) is 14.2 Å². The number of ether oxygens (including phenoxy) is 2. The Labute approximate surface area is 129 Å². The number of carbonyl (C=O) groups excluding carboxylic acids is 2. The van der Waals surface area contributed by atoms with Gasteiger partial charge in [-0.2, -0.15) is 20.8 Å². The van der Waals surface area contributed by atoms with Crippen molar-refractivity contribution in [3.05, 3.63) is 0 Å². The van der Waals surface area contributed by atoms with Crippen LogP contribution in [0.4, 0.5) is 0 Å². The summed E-state index contributed by atoms with van der Waals surface area (Å²) in [6, 6.07) is 2.05. The zero-order chi connectivity index (χ0) is 17.1. The molecule has 0 N–H and O–H groups in total. The first-order valence-corrected chi connectivity index (χ1v) is 6.74. The van der Waals surface area contributed by atoms with E-state index in [0.29, 0.717) is 0 Å². The second-order valence-electron chi connectivity index (χ2n) is 4.84. The van der Waals surface area contributed by atoms with Gasteiger partial charge >= 0.3 is 11.9 Å². The highest BCUT2D eigenvalue weighted by molar-refractivity contribution is 5.77. The Morgan fingerprint density at radius 1 is 0.909 bits per heavy atom. The lowest BCUT2D eigenvalue weighted by Crippen LogP contribution is -2.25. The molecule has 0 radical (unpaired) electrons. The van der Waals surface area contributed by atoms with E-state index in [2.05, 4.69) is 19.7 Å². The lowest BCUT2D eigenvalue weighted by atomic mass is 10.0. The molecule has 120 valence electrons. The molecule has 0 heterocycles. The van der Waals surface area contributed by atoms with Crippen molar-refractivity contribution in [2.24, 2.45) is 22.1 Å². The van der Waals surface area contributed by atoms with Crippen LogP contribution in [0.15, 0.2) is 10.2 Å². The maximum absolute atomic E-state index is 11.6. The van der Waals surface area contributed by atoms with Crippen LogP contribution in [0.25, 0.3) is 0 Å². The minimum atomic E-state index is -0.968. The van der Waals surface area contributed by atoms with Crippen LogP contribution in [0.5, 0.6) is 0 Å². The van der Waals surface area contributed by atoms with Gasteiger partial charge in [0.1, 0.15) is 0 Å². The number of azo groups is 1. The lowest BCUT2D eigenvalue weighted by molar-refractivity contribution is -0.144. The average molecular weight is 308 g/mol. The van der Waals surface area contributed by atoms with Crippen LogP contribution in [-0.2, 0) is 19.1 Å². The van der Waals surface area contributed by atoms with E-state index < -0.39 is 35.9 Å². The summed E-state index contributed by atoms with van der Waals surface area (Å²) in [4.78, 5) is 23.3. The number of nitriles is 2. The summed E-state index contributed by atoms with van der Waals surface area (Å²) in [6.07, 6.45) is 0.267. The molecule has 8 heteroatoms. The lowest BCUT2D eigenvalue weighted by Gasteiger charge is -2.13. The second kappa shape index (κ2) is 10.3. The number of hydrogen-bond donors (Lipinski definition) is 0. The molecule has 0 aliphatic carbocycles. The normalized spacial score (nSPS) is 15.9. The highest BCUT2D eigenvalue weighted by atomic mass is 16.5. The fraction of sp³-hybridized carbons (Fsp3) is 0.714. The Kier molecular flexibility index (Phi) is 9.12. The van der Waals surface area contributed by atoms with Crippen molar-refractivity contribution in [2.45, 2.75) is 38.8 Å². The summed E-state index contributed by atoms with van der Waals surface area (Å²) in [6.45, 7) is 3.28. The number of esters is 2. The van der Waals surface area contributed by atoms with Crippen molar-refractivity contribution in [3.63, 3.8) is 0 Å². The minimum Gasteiger partial charge on any atom is -0.467 e. The van der Waals surface area contributed by atoms with Gasteiger partial charge in [-0.3, -0.25) is 0 Å². The third-order valence-corrected chi connectivity index (χ3v) is 2.89. The molecule has 0 aromatic carbocycles. The molecule has 0 saturated carbocycles. The predicted octanol–water partition coefficient (Wildman–Crippen LogP) is 1.62. The monoisotopic (exact) mass is 308 g/mol. The van der Waals surface area contributed by atoms with Gasteiger partial charge in [-0.05, 0) is 26.7 Å². The standard InChI is InChI=1S/C14H20N4O4/c1-9(7-15)5-11(13(19)21-3)17-18-12(14(20)22-4)6-10(2)8-16/h9-12H,5-6H2,1-4H3. The SMILES string of the molecule is COC(=O)C(CC(C)C#N)N=NC(CC(C)C#N)C(=O)OC. The molecular formula is C14H20N4O4. The van der Waals surface area contributed by atoms with E-state index >= 15 is 0 Å². The fourth-order valence-electron chi connectivity index (χ4n) is 1.59. The van der Waals surface area contributed by atoms with Gasteiger partial charge in [-0.25, -0.2) is 9.59 Å². The molecule has 4 unspecified atom stereocenters. The Morgan fingerprint density at radius 3 is 1.45 bits per heavy atom. The Hall–Kier alpha value is -2.48. The largest absolute Gasteiger partial charge is 0.467 e. The van der Waals surface area contributed by atoms with Crippen molar-refractivity contribution >= 4 is 11.9 Å². The predicted molar refractivity (Wildman–Crippen MR) is 75.3 cm³/mol. The summed E-state index contributed by atoms with van der Waals surface area (Å²) in [5, 5.41) is 25.3. The van der Waals surface area contributed by atoms with Crippen molar-refractivity contribution in [3.8, 4) is 12.1 Å². The topological polar surface area (TPSA) is 125 Å². The number of carbonyl (C=O) groups is 2. The van der Waals surface area contributed by atoms with E-state index in [1.54, 1.807) is 13.8 Å². The Morgan fingerprint density at radius 2 is 1.23 bits per heavy atom. The van der Waals surface area contributed by atoms with Gasteiger partial charge in [-0.15, -0.1) is 0 Å². The number of rotatable bonds is 8. The molecule has 0 rings (SSSR count).